The molecule has 2 atom stereocenters. The van der Waals surface area contributed by atoms with E-state index >= 15 is 0 Å². The van der Waals surface area contributed by atoms with Gasteiger partial charge in [-0.05, 0) is 43.5 Å². The number of amides is 1. The lowest BCUT2D eigenvalue weighted by Gasteiger charge is -2.29. The van der Waals surface area contributed by atoms with Gasteiger partial charge in [-0.25, -0.2) is 0 Å². The van der Waals surface area contributed by atoms with Crippen LogP contribution in [0.1, 0.15) is 23.7 Å². The molecule has 2 N–H and O–H groups in total. The quantitative estimate of drug-likeness (QED) is 0.867. The van der Waals surface area contributed by atoms with E-state index in [0.29, 0.717) is 35.4 Å². The van der Waals surface area contributed by atoms with Crippen LogP contribution < -0.4 is 20.1 Å². The third kappa shape index (κ3) is 3.67. The maximum absolute atomic E-state index is 12.4. The highest BCUT2D eigenvalue weighted by Crippen LogP contribution is 2.30. The summed E-state index contributed by atoms with van der Waals surface area (Å²) in [6.45, 7) is 4.95. The van der Waals surface area contributed by atoms with Crippen LogP contribution in [0.5, 0.6) is 11.5 Å². The van der Waals surface area contributed by atoms with Gasteiger partial charge in [-0.2, -0.15) is 0 Å². The summed E-state index contributed by atoms with van der Waals surface area (Å²) < 4.78 is 10.5. The molecule has 2 rings (SSSR count). The summed E-state index contributed by atoms with van der Waals surface area (Å²) in [5.74, 6) is 2.03. The van der Waals surface area contributed by atoms with Crippen LogP contribution in [0.2, 0.25) is 0 Å². The lowest BCUT2D eigenvalue weighted by molar-refractivity contribution is 0.0934. The highest BCUT2D eigenvalue weighted by Gasteiger charge is 2.22. The third-order valence-electron chi connectivity index (χ3n) is 4.14. The first kappa shape index (κ1) is 15.6. The van der Waals surface area contributed by atoms with Crippen LogP contribution in [0.15, 0.2) is 18.2 Å². The maximum atomic E-state index is 12.4. The van der Waals surface area contributed by atoms with Crippen molar-refractivity contribution in [2.24, 2.45) is 11.8 Å². The molecule has 5 heteroatoms. The number of carbonyl (C=O) groups is 1. The molecule has 1 fully saturated rings. The van der Waals surface area contributed by atoms with E-state index < -0.39 is 0 Å². The zero-order valence-electron chi connectivity index (χ0n) is 12.9. The standard InChI is InChI=1S/C16H24N2O3/c1-11-9-17-8-7-12(11)10-18-16(19)13-5-4-6-14(20-2)15(13)21-3/h4-6,11-12,17H,7-10H2,1-3H3,(H,18,19). The number of rotatable bonds is 5. The molecule has 0 aliphatic carbocycles. The number of benzene rings is 1. The number of para-hydroxylation sites is 1. The topological polar surface area (TPSA) is 59.6 Å². The first-order valence-corrected chi connectivity index (χ1v) is 7.37. The number of piperidine rings is 1. The fraction of sp³-hybridized carbons (Fsp3) is 0.562. The Labute approximate surface area is 126 Å². The summed E-state index contributed by atoms with van der Waals surface area (Å²) in [5.41, 5.74) is 0.512. The average molecular weight is 292 g/mol. The molecule has 116 valence electrons. The van der Waals surface area contributed by atoms with Crippen LogP contribution in [0.25, 0.3) is 0 Å². The van der Waals surface area contributed by atoms with E-state index in [1.54, 1.807) is 32.4 Å². The fourth-order valence-corrected chi connectivity index (χ4v) is 2.76. The minimum atomic E-state index is -0.114. The third-order valence-corrected chi connectivity index (χ3v) is 4.14. The Balaban J connectivity index is 2.03. The fourth-order valence-electron chi connectivity index (χ4n) is 2.76. The van der Waals surface area contributed by atoms with Gasteiger partial charge < -0.3 is 20.1 Å². The predicted octanol–water partition coefficient (Wildman–Crippen LogP) is 1.68. The van der Waals surface area contributed by atoms with Crippen LogP contribution in [0.3, 0.4) is 0 Å². The molecular weight excluding hydrogens is 268 g/mol. The number of hydrogen-bond donors (Lipinski definition) is 2. The molecule has 2 unspecified atom stereocenters. The van der Waals surface area contributed by atoms with Crippen LogP contribution >= 0.6 is 0 Å². The number of nitrogens with one attached hydrogen (secondary N) is 2. The Bertz CT molecular complexity index is 490. The monoisotopic (exact) mass is 292 g/mol. The molecule has 0 radical (unpaired) electrons. The van der Waals surface area contributed by atoms with Crippen molar-refractivity contribution in [1.82, 2.24) is 10.6 Å². The van der Waals surface area contributed by atoms with Gasteiger partial charge in [0.1, 0.15) is 0 Å². The Morgan fingerprint density at radius 3 is 2.86 bits per heavy atom. The minimum absolute atomic E-state index is 0.114. The van der Waals surface area contributed by atoms with Crippen LogP contribution in [0, 0.1) is 11.8 Å². The van der Waals surface area contributed by atoms with Crippen molar-refractivity contribution in [2.75, 3.05) is 33.9 Å². The van der Waals surface area contributed by atoms with E-state index in [1.807, 2.05) is 0 Å². The van der Waals surface area contributed by atoms with Gasteiger partial charge >= 0.3 is 0 Å². The Morgan fingerprint density at radius 1 is 1.38 bits per heavy atom. The van der Waals surface area contributed by atoms with Crippen molar-refractivity contribution >= 4 is 5.91 Å². The summed E-state index contributed by atoms with van der Waals surface area (Å²) in [4.78, 5) is 12.4. The molecule has 1 heterocycles. The summed E-state index contributed by atoms with van der Waals surface area (Å²) >= 11 is 0. The van der Waals surface area contributed by atoms with Gasteiger partial charge in [-0.15, -0.1) is 0 Å². The van der Waals surface area contributed by atoms with Crippen molar-refractivity contribution in [3.8, 4) is 11.5 Å². The van der Waals surface area contributed by atoms with E-state index in [0.717, 1.165) is 19.5 Å². The number of ether oxygens (including phenoxy) is 2. The van der Waals surface area contributed by atoms with E-state index in [2.05, 4.69) is 17.6 Å². The zero-order chi connectivity index (χ0) is 15.2. The SMILES string of the molecule is COc1cccc(C(=O)NCC2CCNCC2C)c1OC. The maximum Gasteiger partial charge on any atom is 0.255 e. The van der Waals surface area contributed by atoms with Crippen molar-refractivity contribution in [2.45, 2.75) is 13.3 Å². The lowest BCUT2D eigenvalue weighted by Crippen LogP contribution is -2.41. The molecule has 5 nitrogen and oxygen atoms in total. The molecular formula is C16H24N2O3. The molecule has 0 saturated carbocycles. The lowest BCUT2D eigenvalue weighted by atomic mass is 9.88. The van der Waals surface area contributed by atoms with E-state index in [9.17, 15) is 4.79 Å². The number of hydrogen-bond acceptors (Lipinski definition) is 4. The molecule has 0 bridgehead atoms. The first-order valence-electron chi connectivity index (χ1n) is 7.37. The van der Waals surface area contributed by atoms with Crippen LogP contribution in [-0.4, -0.2) is 39.8 Å². The van der Waals surface area contributed by atoms with Crippen molar-refractivity contribution in [1.29, 1.82) is 0 Å². The van der Waals surface area contributed by atoms with E-state index in [4.69, 9.17) is 9.47 Å². The molecule has 1 aromatic rings. The molecule has 1 aromatic carbocycles. The summed E-state index contributed by atoms with van der Waals surface area (Å²) in [5, 5.41) is 6.39. The zero-order valence-corrected chi connectivity index (χ0v) is 12.9. The summed E-state index contributed by atoms with van der Waals surface area (Å²) in [6, 6.07) is 5.33. The second-order valence-corrected chi connectivity index (χ2v) is 5.48. The van der Waals surface area contributed by atoms with Gasteiger partial charge in [-0.3, -0.25) is 4.79 Å². The molecule has 21 heavy (non-hydrogen) atoms. The first-order chi connectivity index (χ1) is 10.2. The van der Waals surface area contributed by atoms with Gasteiger partial charge in [-0.1, -0.05) is 13.0 Å². The normalized spacial score (nSPS) is 21.7. The van der Waals surface area contributed by atoms with Crippen molar-refractivity contribution < 1.29 is 14.3 Å². The largest absolute Gasteiger partial charge is 0.493 e. The Kier molecular flexibility index (Phi) is 5.44. The van der Waals surface area contributed by atoms with Crippen LogP contribution in [-0.2, 0) is 0 Å². The highest BCUT2D eigenvalue weighted by molar-refractivity contribution is 5.97. The summed E-state index contributed by atoms with van der Waals surface area (Å²) in [6.07, 6.45) is 1.09. The number of methoxy groups -OCH3 is 2. The highest BCUT2D eigenvalue weighted by atomic mass is 16.5. The van der Waals surface area contributed by atoms with E-state index in [-0.39, 0.29) is 5.91 Å². The van der Waals surface area contributed by atoms with Crippen LogP contribution in [0.4, 0.5) is 0 Å². The second-order valence-electron chi connectivity index (χ2n) is 5.48. The minimum Gasteiger partial charge on any atom is -0.493 e. The molecule has 1 amide bonds. The molecule has 1 aliphatic rings. The Morgan fingerprint density at radius 2 is 2.19 bits per heavy atom. The van der Waals surface area contributed by atoms with Gasteiger partial charge in [0.2, 0.25) is 0 Å². The van der Waals surface area contributed by atoms with Gasteiger partial charge in [0, 0.05) is 6.54 Å². The van der Waals surface area contributed by atoms with Crippen molar-refractivity contribution in [3.05, 3.63) is 23.8 Å². The smallest absolute Gasteiger partial charge is 0.255 e. The molecule has 1 aliphatic heterocycles. The molecule has 0 spiro atoms. The molecule has 0 aromatic heterocycles. The van der Waals surface area contributed by atoms with Gasteiger partial charge in [0.05, 0.1) is 19.8 Å². The molecule has 1 saturated heterocycles. The van der Waals surface area contributed by atoms with Gasteiger partial charge in [0.25, 0.3) is 5.91 Å². The Hall–Kier alpha value is -1.75. The van der Waals surface area contributed by atoms with Gasteiger partial charge in [0.15, 0.2) is 11.5 Å². The predicted molar refractivity (Wildman–Crippen MR) is 82.0 cm³/mol. The summed E-state index contributed by atoms with van der Waals surface area (Å²) in [7, 11) is 3.11. The second kappa shape index (κ2) is 7.31. The van der Waals surface area contributed by atoms with E-state index in [1.165, 1.54) is 0 Å². The number of carbonyl (C=O) groups excluding carboxylic acids is 1. The average Bonchev–Trinajstić information content (AvgIpc) is 2.52. The van der Waals surface area contributed by atoms with Crippen molar-refractivity contribution in [3.63, 3.8) is 0 Å².